The molecule has 4 rings (SSSR count). The summed E-state index contributed by atoms with van der Waals surface area (Å²) in [7, 11) is -4.07. The summed E-state index contributed by atoms with van der Waals surface area (Å²) in [5, 5.41) is 0. The van der Waals surface area contributed by atoms with Crippen LogP contribution >= 0.6 is 0 Å². The largest absolute Gasteiger partial charge is 0.331 e. The van der Waals surface area contributed by atoms with Crippen molar-refractivity contribution >= 4 is 15.9 Å². The first-order valence-electron chi connectivity index (χ1n) is 11.8. The van der Waals surface area contributed by atoms with Crippen molar-refractivity contribution in [2.45, 2.75) is 57.0 Å². The second-order valence-corrected chi connectivity index (χ2v) is 11.4. The molecule has 0 spiro atoms. The highest BCUT2D eigenvalue weighted by Crippen LogP contribution is 2.39. The maximum atomic E-state index is 15.6. The average molecular weight is 531 g/mol. The van der Waals surface area contributed by atoms with E-state index in [4.69, 9.17) is 0 Å². The molecule has 0 radical (unpaired) electrons. The van der Waals surface area contributed by atoms with Gasteiger partial charge < -0.3 is 4.90 Å². The Kier molecular flexibility index (Phi) is 7.43. The molecule has 2 aromatic rings. The number of hydrogen-bond acceptors (Lipinski definition) is 3. The topological polar surface area (TPSA) is 66.5 Å². The van der Waals surface area contributed by atoms with Crippen LogP contribution in [0.4, 0.5) is 22.0 Å². The predicted octanol–water partition coefficient (Wildman–Crippen LogP) is 4.93. The minimum atomic E-state index is -4.07. The molecule has 11 heteroatoms. The monoisotopic (exact) mass is 530 g/mol. The van der Waals surface area contributed by atoms with Crippen LogP contribution in [0.15, 0.2) is 42.5 Å². The van der Waals surface area contributed by atoms with Gasteiger partial charge in [0.05, 0.1) is 18.3 Å². The van der Waals surface area contributed by atoms with Crippen LogP contribution in [-0.2, 0) is 21.2 Å². The molecule has 1 heterocycles. The smallest absolute Gasteiger partial charge is 0.283 e. The molecule has 1 aliphatic carbocycles. The third-order valence-electron chi connectivity index (χ3n) is 7.00. The minimum Gasteiger partial charge on any atom is -0.331 e. The van der Waals surface area contributed by atoms with Gasteiger partial charge in [0, 0.05) is 17.0 Å². The molecule has 1 amide bonds. The predicted molar refractivity (Wildman–Crippen MR) is 125 cm³/mol. The van der Waals surface area contributed by atoms with Crippen molar-refractivity contribution in [3.05, 3.63) is 59.4 Å². The molecule has 1 aliphatic heterocycles. The number of alkyl halides is 4. The Morgan fingerprint density at radius 1 is 1.17 bits per heavy atom. The molecule has 0 unspecified atom stereocenters. The number of carbonyl (C=O) groups is 1. The maximum absolute atomic E-state index is 15.6. The van der Waals surface area contributed by atoms with Gasteiger partial charge in [0.25, 0.3) is 12.3 Å². The summed E-state index contributed by atoms with van der Waals surface area (Å²) in [5.41, 5.74) is -0.124. The molecule has 36 heavy (non-hydrogen) atoms. The zero-order chi connectivity index (χ0) is 26.3. The summed E-state index contributed by atoms with van der Waals surface area (Å²) in [6.45, 7) is 0.333. The van der Waals surface area contributed by atoms with E-state index in [1.165, 1.54) is 43.3 Å². The number of rotatable bonds is 8. The summed E-state index contributed by atoms with van der Waals surface area (Å²) >= 11 is 0. The highest BCUT2D eigenvalue weighted by Gasteiger charge is 2.57. The molecule has 2 aromatic carbocycles. The van der Waals surface area contributed by atoms with Crippen molar-refractivity contribution in [3.63, 3.8) is 0 Å². The van der Waals surface area contributed by atoms with Crippen molar-refractivity contribution in [2.24, 2.45) is 5.92 Å². The van der Waals surface area contributed by atoms with E-state index in [0.717, 1.165) is 17.4 Å². The number of carbonyl (C=O) groups excluding carboxylic acids is 1. The molecule has 0 aromatic heterocycles. The lowest BCUT2D eigenvalue weighted by molar-refractivity contribution is -0.140. The molecule has 0 bridgehead atoms. The minimum absolute atomic E-state index is 0.00214. The normalized spacial score (nSPS) is 22.1. The second kappa shape index (κ2) is 10.1. The number of nitrogens with zero attached hydrogens (tertiary/aromatic N) is 1. The van der Waals surface area contributed by atoms with Gasteiger partial charge in [-0.05, 0) is 43.4 Å². The first-order valence-corrected chi connectivity index (χ1v) is 13.4. The summed E-state index contributed by atoms with van der Waals surface area (Å²) in [5.74, 6) is -5.71. The molecule has 2 fully saturated rings. The lowest BCUT2D eigenvalue weighted by Gasteiger charge is -2.34. The standard InChI is InChI=1S/C25H27F5N2O3S/c1-2-36(34,35)31-22-20(32(14-25(22,29)30)24(33)15-6-3-7-15)13-17-9-5-11-19(21(17)26)16-8-4-10-18(12-16)23(27)28/h4-5,8-12,15,20,22-23,31H,2-3,6-7,13-14H2,1H3/t20-,22+/m0/s1. The van der Waals surface area contributed by atoms with Gasteiger partial charge in [0.1, 0.15) is 11.9 Å². The van der Waals surface area contributed by atoms with Crippen LogP contribution in [-0.4, -0.2) is 49.5 Å². The number of amides is 1. The molecule has 5 nitrogen and oxygen atoms in total. The fourth-order valence-electron chi connectivity index (χ4n) is 4.73. The molecule has 1 saturated carbocycles. The first kappa shape index (κ1) is 26.5. The molecular formula is C25H27F5N2O3S. The molecular weight excluding hydrogens is 503 g/mol. The number of sulfonamides is 1. The maximum Gasteiger partial charge on any atom is 0.283 e. The van der Waals surface area contributed by atoms with Crippen LogP contribution in [0.1, 0.15) is 43.7 Å². The Hall–Kier alpha value is -2.53. The highest BCUT2D eigenvalue weighted by molar-refractivity contribution is 7.89. The fraction of sp³-hybridized carbons (Fsp3) is 0.480. The van der Waals surface area contributed by atoms with Crippen molar-refractivity contribution in [2.75, 3.05) is 12.3 Å². The molecule has 1 N–H and O–H groups in total. The van der Waals surface area contributed by atoms with E-state index < -0.39 is 64.4 Å². The van der Waals surface area contributed by atoms with Gasteiger partial charge in [-0.25, -0.2) is 35.1 Å². The fourth-order valence-corrected chi connectivity index (χ4v) is 5.62. The number of hydrogen-bond donors (Lipinski definition) is 1. The number of halogens is 5. The van der Waals surface area contributed by atoms with Crippen LogP contribution in [0.2, 0.25) is 0 Å². The lowest BCUT2D eigenvalue weighted by Crippen LogP contribution is -2.53. The Morgan fingerprint density at radius 3 is 2.47 bits per heavy atom. The van der Waals surface area contributed by atoms with Crippen LogP contribution in [0, 0.1) is 11.7 Å². The van der Waals surface area contributed by atoms with E-state index in [1.54, 1.807) is 0 Å². The van der Waals surface area contributed by atoms with E-state index in [2.05, 4.69) is 0 Å². The van der Waals surface area contributed by atoms with Crippen molar-refractivity contribution in [1.82, 2.24) is 9.62 Å². The van der Waals surface area contributed by atoms with Gasteiger partial charge in [-0.1, -0.05) is 42.8 Å². The first-order chi connectivity index (χ1) is 16.9. The van der Waals surface area contributed by atoms with E-state index in [-0.39, 0.29) is 28.7 Å². The molecule has 1 saturated heterocycles. The van der Waals surface area contributed by atoms with Gasteiger partial charge in [0.2, 0.25) is 15.9 Å². The summed E-state index contributed by atoms with van der Waals surface area (Å²) in [4.78, 5) is 14.0. The SMILES string of the molecule is CCS(=O)(=O)N[C@@H]1[C@H](Cc2cccc(-c3cccc(C(F)F)c3)c2F)N(C(=O)C2CCC2)CC1(F)F. The van der Waals surface area contributed by atoms with Crippen LogP contribution in [0.3, 0.4) is 0 Å². The van der Waals surface area contributed by atoms with Gasteiger partial charge in [-0.2, -0.15) is 0 Å². The van der Waals surface area contributed by atoms with E-state index >= 15 is 13.2 Å². The summed E-state index contributed by atoms with van der Waals surface area (Å²) in [6.07, 6.45) is -1.22. The third-order valence-corrected chi connectivity index (χ3v) is 8.38. The molecule has 2 aliphatic rings. The van der Waals surface area contributed by atoms with Crippen molar-refractivity contribution in [1.29, 1.82) is 0 Å². The van der Waals surface area contributed by atoms with E-state index in [9.17, 15) is 22.0 Å². The lowest BCUT2D eigenvalue weighted by atomic mass is 9.84. The van der Waals surface area contributed by atoms with E-state index in [1.807, 2.05) is 4.72 Å². The van der Waals surface area contributed by atoms with Gasteiger partial charge >= 0.3 is 0 Å². The quantitative estimate of drug-likeness (QED) is 0.493. The molecule has 2 atom stereocenters. The summed E-state index contributed by atoms with van der Waals surface area (Å²) in [6, 6.07) is 6.16. The third kappa shape index (κ3) is 5.27. The van der Waals surface area contributed by atoms with Crippen LogP contribution in [0.5, 0.6) is 0 Å². The Morgan fingerprint density at radius 2 is 1.86 bits per heavy atom. The molecule has 196 valence electrons. The average Bonchev–Trinajstić information content (AvgIpc) is 3.03. The van der Waals surface area contributed by atoms with E-state index in [0.29, 0.717) is 12.8 Å². The van der Waals surface area contributed by atoms with Crippen molar-refractivity contribution < 1.29 is 35.2 Å². The zero-order valence-corrected chi connectivity index (χ0v) is 20.4. The van der Waals surface area contributed by atoms with Gasteiger partial charge in [0.15, 0.2) is 0 Å². The van der Waals surface area contributed by atoms with Crippen LogP contribution in [0.25, 0.3) is 11.1 Å². The Bertz CT molecular complexity index is 1230. The highest BCUT2D eigenvalue weighted by atomic mass is 32.2. The number of nitrogens with one attached hydrogen (secondary N) is 1. The zero-order valence-electron chi connectivity index (χ0n) is 19.6. The second-order valence-electron chi connectivity index (χ2n) is 9.33. The van der Waals surface area contributed by atoms with Crippen molar-refractivity contribution in [3.8, 4) is 11.1 Å². The van der Waals surface area contributed by atoms with Gasteiger partial charge in [-0.15, -0.1) is 0 Å². The van der Waals surface area contributed by atoms with Gasteiger partial charge in [-0.3, -0.25) is 4.79 Å². The Balaban J connectivity index is 1.72. The number of likely N-dealkylation sites (tertiary alicyclic amines) is 1. The Labute approximate surface area is 206 Å². The number of benzene rings is 2. The van der Waals surface area contributed by atoms with Crippen LogP contribution < -0.4 is 4.72 Å². The summed E-state index contributed by atoms with van der Waals surface area (Å²) < 4.78 is 98.6.